The maximum Gasteiger partial charge on any atom is 0.330 e. The molecule has 0 aliphatic carbocycles. The van der Waals surface area contributed by atoms with Gasteiger partial charge in [0.15, 0.2) is 0 Å². The van der Waals surface area contributed by atoms with Gasteiger partial charge >= 0.3 is 11.9 Å². The van der Waals surface area contributed by atoms with Crippen molar-refractivity contribution in [2.24, 2.45) is 5.92 Å². The summed E-state index contributed by atoms with van der Waals surface area (Å²) in [5.41, 5.74) is 0.906. The summed E-state index contributed by atoms with van der Waals surface area (Å²) in [4.78, 5) is 40.1. The summed E-state index contributed by atoms with van der Waals surface area (Å²) in [6.45, 7) is 0.177. The Morgan fingerprint density at radius 2 is 1.78 bits per heavy atom. The molecule has 2 heterocycles. The van der Waals surface area contributed by atoms with E-state index >= 15 is 0 Å². The fourth-order valence-corrected chi connectivity index (χ4v) is 5.63. The number of allylic oxidation sites excluding steroid dienone is 1. The van der Waals surface area contributed by atoms with E-state index in [9.17, 15) is 14.4 Å². The van der Waals surface area contributed by atoms with Crippen LogP contribution in [0.25, 0.3) is 0 Å². The number of amides is 1. The predicted molar refractivity (Wildman–Crippen MR) is 121 cm³/mol. The van der Waals surface area contributed by atoms with Crippen molar-refractivity contribution in [2.45, 2.75) is 41.7 Å². The van der Waals surface area contributed by atoms with Crippen LogP contribution in [0.4, 0.5) is 0 Å². The molecule has 2 aliphatic rings. The number of fused-ring (bicyclic) bond motifs is 1. The van der Waals surface area contributed by atoms with Crippen LogP contribution in [0, 0.1) is 5.92 Å². The van der Waals surface area contributed by atoms with Gasteiger partial charge in [0.1, 0.15) is 12.6 Å². The van der Waals surface area contributed by atoms with Gasteiger partial charge in [0.25, 0.3) is 0 Å². The molecule has 2 aliphatic heterocycles. The number of methoxy groups -OCH3 is 1. The van der Waals surface area contributed by atoms with Crippen LogP contribution in [-0.4, -0.2) is 47.2 Å². The molecular weight excluding hydrogens is 426 g/mol. The number of esters is 2. The Hall–Kier alpha value is -3.06. The molecule has 0 radical (unpaired) electrons. The van der Waals surface area contributed by atoms with Crippen LogP contribution in [0.5, 0.6) is 0 Å². The smallest absolute Gasteiger partial charge is 0.330 e. The van der Waals surface area contributed by atoms with Gasteiger partial charge in [0.05, 0.1) is 13.0 Å². The largest absolute Gasteiger partial charge is 0.466 e. The molecule has 7 heteroatoms. The second kappa shape index (κ2) is 10.0. The van der Waals surface area contributed by atoms with Crippen LogP contribution in [-0.2, 0) is 30.5 Å². The quantitative estimate of drug-likeness (QED) is 0.347. The average Bonchev–Trinajstić information content (AvgIpc) is 3.16. The van der Waals surface area contributed by atoms with Crippen molar-refractivity contribution < 1.29 is 23.9 Å². The molecule has 0 aromatic heterocycles. The second-order valence-corrected chi connectivity index (χ2v) is 9.14. The van der Waals surface area contributed by atoms with Gasteiger partial charge in [-0.05, 0) is 30.5 Å². The summed E-state index contributed by atoms with van der Waals surface area (Å²) in [6, 6.07) is 18.7. The fourth-order valence-electron chi connectivity index (χ4n) is 4.30. The number of nitrogens with zero attached hydrogens (tertiary/aromatic N) is 1. The van der Waals surface area contributed by atoms with Gasteiger partial charge < -0.3 is 14.4 Å². The van der Waals surface area contributed by atoms with E-state index in [4.69, 9.17) is 4.74 Å². The van der Waals surface area contributed by atoms with E-state index < -0.39 is 12.0 Å². The summed E-state index contributed by atoms with van der Waals surface area (Å²) in [5, 5.41) is -0.0933. The van der Waals surface area contributed by atoms with Crippen LogP contribution in [0.3, 0.4) is 0 Å². The zero-order valence-corrected chi connectivity index (χ0v) is 18.6. The Kier molecular flexibility index (Phi) is 6.95. The number of ether oxygens (including phenoxy) is 2. The minimum Gasteiger partial charge on any atom is -0.466 e. The highest BCUT2D eigenvalue weighted by molar-refractivity contribution is 8.00. The summed E-state index contributed by atoms with van der Waals surface area (Å²) < 4.78 is 10.2. The molecule has 6 nitrogen and oxygen atoms in total. The number of benzene rings is 2. The first-order valence-corrected chi connectivity index (χ1v) is 11.5. The third-order valence-electron chi connectivity index (χ3n) is 5.86. The summed E-state index contributed by atoms with van der Waals surface area (Å²) in [7, 11) is 1.32. The number of β-lactam (4-membered cyclic amide) rings is 1. The summed E-state index contributed by atoms with van der Waals surface area (Å²) >= 11 is 1.61. The zero-order valence-electron chi connectivity index (χ0n) is 17.8. The summed E-state index contributed by atoms with van der Waals surface area (Å²) in [5.74, 6) is -1.12. The van der Waals surface area contributed by atoms with Crippen molar-refractivity contribution in [3.63, 3.8) is 0 Å². The minimum absolute atomic E-state index is 0.0414. The molecular formula is C25H25NO5S. The molecule has 2 saturated heterocycles. The molecule has 4 rings (SSSR count). The third kappa shape index (κ3) is 4.72. The van der Waals surface area contributed by atoms with E-state index in [1.165, 1.54) is 13.2 Å². The van der Waals surface area contributed by atoms with Crippen molar-refractivity contribution in [2.75, 3.05) is 7.11 Å². The SMILES string of the molecule is COC(=O)/C=C/CC1C(=O)N2C1CC(Sc1ccccc1)[C@@H]2C(=O)OCc1ccccc1. The molecule has 4 atom stereocenters. The zero-order chi connectivity index (χ0) is 22.5. The number of carbonyl (C=O) groups excluding carboxylic acids is 3. The number of hydrogen-bond donors (Lipinski definition) is 0. The molecule has 0 N–H and O–H groups in total. The van der Waals surface area contributed by atoms with Gasteiger partial charge in [-0.3, -0.25) is 4.79 Å². The maximum atomic E-state index is 13.1. The van der Waals surface area contributed by atoms with Crippen molar-refractivity contribution in [1.82, 2.24) is 4.90 Å². The van der Waals surface area contributed by atoms with Gasteiger partial charge in [0, 0.05) is 22.3 Å². The van der Waals surface area contributed by atoms with Crippen molar-refractivity contribution >= 4 is 29.6 Å². The molecule has 2 fully saturated rings. The first-order chi connectivity index (χ1) is 15.6. The van der Waals surface area contributed by atoms with Crippen LogP contribution in [0.15, 0.2) is 77.7 Å². The highest BCUT2D eigenvalue weighted by Crippen LogP contribution is 2.47. The Labute approximate surface area is 191 Å². The lowest BCUT2D eigenvalue weighted by atomic mass is 9.85. The topological polar surface area (TPSA) is 72.9 Å². The second-order valence-electron chi connectivity index (χ2n) is 7.82. The maximum absolute atomic E-state index is 13.1. The average molecular weight is 452 g/mol. The van der Waals surface area contributed by atoms with Crippen molar-refractivity contribution in [3.8, 4) is 0 Å². The molecule has 2 aromatic carbocycles. The Morgan fingerprint density at radius 1 is 1.09 bits per heavy atom. The lowest BCUT2D eigenvalue weighted by Gasteiger charge is -2.44. The standard InChI is InChI=1S/C25H25NO5S/c1-30-22(27)14-8-13-19-20-15-21(32-18-11-6-3-7-12-18)23(26(20)24(19)28)25(29)31-16-17-9-4-2-5-10-17/h2-12,14,19-21,23H,13,15-16H2,1H3/b14-8+/t19?,20?,21?,23-/m1/s1. The van der Waals surface area contributed by atoms with Gasteiger partial charge in [-0.15, -0.1) is 11.8 Å². The van der Waals surface area contributed by atoms with Crippen LogP contribution in [0.2, 0.25) is 0 Å². The fraction of sp³-hybridized carbons (Fsp3) is 0.320. The first kappa shape index (κ1) is 22.1. The number of rotatable bonds is 8. The molecule has 1 amide bonds. The minimum atomic E-state index is -0.623. The van der Waals surface area contributed by atoms with Gasteiger partial charge in [-0.2, -0.15) is 0 Å². The van der Waals surface area contributed by atoms with Gasteiger partial charge in [-0.1, -0.05) is 54.6 Å². The van der Waals surface area contributed by atoms with Gasteiger partial charge in [-0.25, -0.2) is 9.59 Å². The molecule has 166 valence electrons. The van der Waals surface area contributed by atoms with E-state index in [2.05, 4.69) is 4.74 Å². The normalized spacial score (nSPS) is 24.2. The molecule has 0 saturated carbocycles. The molecule has 32 heavy (non-hydrogen) atoms. The Balaban J connectivity index is 1.48. The number of hydrogen-bond acceptors (Lipinski definition) is 6. The van der Waals surface area contributed by atoms with Crippen molar-refractivity contribution in [3.05, 3.63) is 78.4 Å². The van der Waals surface area contributed by atoms with Crippen LogP contribution >= 0.6 is 11.8 Å². The van der Waals surface area contributed by atoms with Crippen LogP contribution in [0.1, 0.15) is 18.4 Å². The lowest BCUT2D eigenvalue weighted by molar-refractivity contribution is -0.166. The Morgan fingerprint density at radius 3 is 2.47 bits per heavy atom. The third-order valence-corrected chi connectivity index (χ3v) is 7.16. The molecule has 0 spiro atoms. The number of thioether (sulfide) groups is 1. The molecule has 2 aromatic rings. The van der Waals surface area contributed by atoms with E-state index in [-0.39, 0.29) is 35.7 Å². The van der Waals surface area contributed by atoms with E-state index in [0.717, 1.165) is 10.5 Å². The molecule has 0 bridgehead atoms. The summed E-state index contributed by atoms with van der Waals surface area (Å²) in [6.07, 6.45) is 4.16. The lowest BCUT2D eigenvalue weighted by Crippen LogP contribution is -2.62. The Bertz CT molecular complexity index is 994. The highest BCUT2D eigenvalue weighted by atomic mass is 32.2. The highest BCUT2D eigenvalue weighted by Gasteiger charge is 2.59. The van der Waals surface area contributed by atoms with E-state index in [1.807, 2.05) is 60.7 Å². The van der Waals surface area contributed by atoms with E-state index in [1.54, 1.807) is 22.7 Å². The monoisotopic (exact) mass is 451 g/mol. The van der Waals surface area contributed by atoms with Gasteiger partial charge in [0.2, 0.25) is 5.91 Å². The van der Waals surface area contributed by atoms with Crippen LogP contribution < -0.4 is 0 Å². The van der Waals surface area contributed by atoms with E-state index in [0.29, 0.717) is 12.8 Å². The molecule has 3 unspecified atom stereocenters. The predicted octanol–water partition coefficient (Wildman–Crippen LogP) is 3.61. The van der Waals surface area contributed by atoms with Crippen molar-refractivity contribution in [1.29, 1.82) is 0 Å². The number of carbonyl (C=O) groups is 3. The first-order valence-electron chi connectivity index (χ1n) is 10.6.